The van der Waals surface area contributed by atoms with Gasteiger partial charge in [-0.05, 0) is 49.4 Å². The van der Waals surface area contributed by atoms with Crippen LogP contribution in [0.1, 0.15) is 29.6 Å². The Bertz CT molecular complexity index is 440. The molecule has 0 unspecified atom stereocenters. The molecule has 0 aromatic heterocycles. The van der Waals surface area contributed by atoms with Crippen molar-refractivity contribution in [3.63, 3.8) is 0 Å². The van der Waals surface area contributed by atoms with Crippen molar-refractivity contribution >= 4 is 5.91 Å². The fraction of sp³-hybridized carbons (Fsp3) is 0.562. The number of benzene rings is 1. The summed E-state index contributed by atoms with van der Waals surface area (Å²) >= 11 is 0. The van der Waals surface area contributed by atoms with Crippen molar-refractivity contribution in [2.45, 2.75) is 25.4 Å². The van der Waals surface area contributed by atoms with E-state index in [1.165, 1.54) is 0 Å². The van der Waals surface area contributed by atoms with Gasteiger partial charge < -0.3 is 19.9 Å². The van der Waals surface area contributed by atoms with E-state index in [1.54, 1.807) is 31.4 Å². The molecule has 0 spiro atoms. The number of aliphatic hydroxyl groups is 1. The topological polar surface area (TPSA) is 67.8 Å². The Morgan fingerprint density at radius 1 is 1.38 bits per heavy atom. The Balaban J connectivity index is 1.72. The lowest BCUT2D eigenvalue weighted by molar-refractivity contribution is 0.00528. The SMILES string of the molecule is COc1ccc(C(=O)NCC[C@H](O)C2CCOCC2)cc1. The number of hydrogen-bond acceptors (Lipinski definition) is 4. The minimum Gasteiger partial charge on any atom is -0.497 e. The summed E-state index contributed by atoms with van der Waals surface area (Å²) < 4.78 is 10.3. The van der Waals surface area contributed by atoms with Gasteiger partial charge in [0.25, 0.3) is 5.91 Å². The number of aliphatic hydroxyl groups excluding tert-OH is 1. The molecule has 1 heterocycles. The molecule has 5 heteroatoms. The van der Waals surface area contributed by atoms with Crippen LogP contribution in [0.3, 0.4) is 0 Å². The highest BCUT2D eigenvalue weighted by molar-refractivity contribution is 5.94. The summed E-state index contributed by atoms with van der Waals surface area (Å²) in [5.41, 5.74) is 0.594. The van der Waals surface area contributed by atoms with Crippen LogP contribution in [-0.2, 0) is 4.74 Å². The van der Waals surface area contributed by atoms with E-state index in [-0.39, 0.29) is 17.9 Å². The van der Waals surface area contributed by atoms with Gasteiger partial charge in [0.1, 0.15) is 5.75 Å². The van der Waals surface area contributed by atoms with Crippen molar-refractivity contribution < 1.29 is 19.4 Å². The number of hydrogen-bond donors (Lipinski definition) is 2. The second kappa shape index (κ2) is 8.00. The monoisotopic (exact) mass is 293 g/mol. The molecule has 1 aromatic rings. The highest BCUT2D eigenvalue weighted by atomic mass is 16.5. The molecule has 116 valence electrons. The summed E-state index contributed by atoms with van der Waals surface area (Å²) in [4.78, 5) is 11.9. The van der Waals surface area contributed by atoms with Gasteiger partial charge in [0.15, 0.2) is 0 Å². The minimum atomic E-state index is -0.370. The molecular weight excluding hydrogens is 270 g/mol. The molecular formula is C16H23NO4. The molecule has 2 N–H and O–H groups in total. The van der Waals surface area contributed by atoms with Crippen molar-refractivity contribution in [1.82, 2.24) is 5.32 Å². The highest BCUT2D eigenvalue weighted by Gasteiger charge is 2.21. The van der Waals surface area contributed by atoms with E-state index in [2.05, 4.69) is 5.32 Å². The smallest absolute Gasteiger partial charge is 0.251 e. The van der Waals surface area contributed by atoms with Gasteiger partial charge in [-0.1, -0.05) is 0 Å². The van der Waals surface area contributed by atoms with E-state index in [0.29, 0.717) is 18.5 Å². The number of nitrogens with one attached hydrogen (secondary N) is 1. The highest BCUT2D eigenvalue weighted by Crippen LogP contribution is 2.20. The second-order valence-electron chi connectivity index (χ2n) is 5.29. The fourth-order valence-electron chi connectivity index (χ4n) is 2.51. The Hall–Kier alpha value is -1.59. The summed E-state index contributed by atoms with van der Waals surface area (Å²) in [6.07, 6.45) is 2.00. The van der Waals surface area contributed by atoms with E-state index in [0.717, 1.165) is 31.8 Å². The van der Waals surface area contributed by atoms with Crippen molar-refractivity contribution in [2.24, 2.45) is 5.92 Å². The molecule has 0 radical (unpaired) electrons. The first-order chi connectivity index (χ1) is 10.2. The predicted molar refractivity (Wildman–Crippen MR) is 79.5 cm³/mol. The zero-order valence-corrected chi connectivity index (χ0v) is 12.4. The average molecular weight is 293 g/mol. The van der Waals surface area contributed by atoms with Crippen LogP contribution >= 0.6 is 0 Å². The number of ether oxygens (including phenoxy) is 2. The maximum atomic E-state index is 11.9. The maximum Gasteiger partial charge on any atom is 0.251 e. The normalized spacial score (nSPS) is 17.2. The van der Waals surface area contributed by atoms with Crippen molar-refractivity contribution in [2.75, 3.05) is 26.9 Å². The van der Waals surface area contributed by atoms with Gasteiger partial charge in [0.05, 0.1) is 13.2 Å². The van der Waals surface area contributed by atoms with Crippen molar-refractivity contribution in [1.29, 1.82) is 0 Å². The Morgan fingerprint density at radius 3 is 2.67 bits per heavy atom. The van der Waals surface area contributed by atoms with Gasteiger partial charge in [0.2, 0.25) is 0 Å². The third kappa shape index (κ3) is 4.72. The molecule has 21 heavy (non-hydrogen) atoms. The first kappa shape index (κ1) is 15.8. The van der Waals surface area contributed by atoms with Crippen LogP contribution in [-0.4, -0.2) is 44.0 Å². The van der Waals surface area contributed by atoms with Gasteiger partial charge in [-0.15, -0.1) is 0 Å². The van der Waals surface area contributed by atoms with E-state index in [9.17, 15) is 9.90 Å². The van der Waals surface area contributed by atoms with Crippen LogP contribution in [0.2, 0.25) is 0 Å². The van der Waals surface area contributed by atoms with Crippen LogP contribution < -0.4 is 10.1 Å². The number of carbonyl (C=O) groups is 1. The zero-order chi connectivity index (χ0) is 15.1. The van der Waals surface area contributed by atoms with Gasteiger partial charge in [-0.25, -0.2) is 0 Å². The van der Waals surface area contributed by atoms with E-state index < -0.39 is 0 Å². The standard InChI is InChI=1S/C16H23NO4/c1-20-14-4-2-13(3-5-14)16(19)17-9-6-15(18)12-7-10-21-11-8-12/h2-5,12,15,18H,6-11H2,1H3,(H,17,19)/t15-/m0/s1. The zero-order valence-electron chi connectivity index (χ0n) is 12.4. The molecule has 0 bridgehead atoms. The van der Waals surface area contributed by atoms with Gasteiger partial charge >= 0.3 is 0 Å². The van der Waals surface area contributed by atoms with E-state index in [4.69, 9.17) is 9.47 Å². The number of amides is 1. The van der Waals surface area contributed by atoms with Crippen LogP contribution in [0.5, 0.6) is 5.75 Å². The van der Waals surface area contributed by atoms with Crippen molar-refractivity contribution in [3.05, 3.63) is 29.8 Å². The second-order valence-corrected chi connectivity index (χ2v) is 5.29. The summed E-state index contributed by atoms with van der Waals surface area (Å²) in [5.74, 6) is 0.884. The van der Waals surface area contributed by atoms with Crippen LogP contribution in [0, 0.1) is 5.92 Å². The van der Waals surface area contributed by atoms with Crippen molar-refractivity contribution in [3.8, 4) is 5.75 Å². The lowest BCUT2D eigenvalue weighted by Crippen LogP contribution is -2.32. The molecule has 5 nitrogen and oxygen atoms in total. The summed E-state index contributed by atoms with van der Waals surface area (Å²) in [6, 6.07) is 6.96. The van der Waals surface area contributed by atoms with Gasteiger partial charge in [-0.2, -0.15) is 0 Å². The van der Waals surface area contributed by atoms with Crippen LogP contribution in [0.15, 0.2) is 24.3 Å². The quantitative estimate of drug-likeness (QED) is 0.836. The number of methoxy groups -OCH3 is 1. The summed E-state index contributed by atoms with van der Waals surface area (Å²) in [7, 11) is 1.59. The Kier molecular flexibility index (Phi) is 6.02. The minimum absolute atomic E-state index is 0.128. The molecule has 0 saturated carbocycles. The van der Waals surface area contributed by atoms with E-state index >= 15 is 0 Å². The maximum absolute atomic E-state index is 11.9. The molecule has 0 aliphatic carbocycles. The molecule has 1 aliphatic rings. The number of rotatable bonds is 6. The molecule has 1 aromatic carbocycles. The molecule has 2 rings (SSSR count). The lowest BCUT2D eigenvalue weighted by atomic mass is 9.92. The van der Waals surface area contributed by atoms with E-state index in [1.807, 2.05) is 0 Å². The first-order valence-electron chi connectivity index (χ1n) is 7.39. The molecule has 1 saturated heterocycles. The first-order valence-corrected chi connectivity index (χ1v) is 7.39. The Morgan fingerprint density at radius 2 is 2.05 bits per heavy atom. The molecule has 1 fully saturated rings. The van der Waals surface area contributed by atoms with Gasteiger partial charge in [0, 0.05) is 25.3 Å². The molecule has 1 amide bonds. The lowest BCUT2D eigenvalue weighted by Gasteiger charge is -2.26. The summed E-state index contributed by atoms with van der Waals surface area (Å²) in [6.45, 7) is 1.92. The third-order valence-electron chi connectivity index (χ3n) is 3.89. The fourth-order valence-corrected chi connectivity index (χ4v) is 2.51. The molecule has 1 aliphatic heterocycles. The Labute approximate surface area is 125 Å². The van der Waals surface area contributed by atoms with Crippen LogP contribution in [0.4, 0.5) is 0 Å². The van der Waals surface area contributed by atoms with Gasteiger partial charge in [-0.3, -0.25) is 4.79 Å². The third-order valence-corrected chi connectivity index (χ3v) is 3.89. The molecule has 1 atom stereocenters. The largest absolute Gasteiger partial charge is 0.497 e. The summed E-state index contributed by atoms with van der Waals surface area (Å²) in [5, 5.41) is 12.9. The van der Waals surface area contributed by atoms with Crippen LogP contribution in [0.25, 0.3) is 0 Å². The average Bonchev–Trinajstić information content (AvgIpc) is 2.55. The number of carbonyl (C=O) groups excluding carboxylic acids is 1. The predicted octanol–water partition coefficient (Wildman–Crippen LogP) is 1.60.